The zero-order valence-corrected chi connectivity index (χ0v) is 14.4. The van der Waals surface area contributed by atoms with E-state index >= 15 is 0 Å². The summed E-state index contributed by atoms with van der Waals surface area (Å²) in [6.07, 6.45) is 0. The van der Waals surface area contributed by atoms with Crippen molar-refractivity contribution in [1.29, 1.82) is 0 Å². The molecule has 0 aliphatic heterocycles. The molecule has 4 rings (SSSR count). The number of benzene rings is 3. The summed E-state index contributed by atoms with van der Waals surface area (Å²) in [5, 5.41) is 4.22. The quantitative estimate of drug-likeness (QED) is 0.527. The van der Waals surface area contributed by atoms with E-state index in [0.29, 0.717) is 6.54 Å². The second-order valence-corrected chi connectivity index (χ2v) is 6.41. The molecule has 25 heavy (non-hydrogen) atoms. The van der Waals surface area contributed by atoms with Crippen LogP contribution in [0.4, 0.5) is 5.95 Å². The highest BCUT2D eigenvalue weighted by Crippen LogP contribution is 2.22. The molecule has 0 aliphatic carbocycles. The minimum Gasteiger partial charge on any atom is -0.352 e. The molecule has 0 unspecified atom stereocenters. The average Bonchev–Trinajstić information content (AvgIpc) is 3.00. The van der Waals surface area contributed by atoms with E-state index in [-0.39, 0.29) is 0 Å². The van der Waals surface area contributed by atoms with E-state index in [1.54, 1.807) is 0 Å². The molecular weight excluding hydrogens is 330 g/mol. The number of para-hydroxylation sites is 2. The maximum absolute atomic E-state index is 5.96. The molecule has 0 aliphatic rings. The summed E-state index contributed by atoms with van der Waals surface area (Å²) in [5.74, 6) is 0.875. The van der Waals surface area contributed by atoms with Gasteiger partial charge in [0.25, 0.3) is 0 Å². The monoisotopic (exact) mass is 347 g/mol. The molecule has 4 aromatic rings. The highest BCUT2D eigenvalue weighted by Gasteiger charge is 2.10. The summed E-state index contributed by atoms with van der Waals surface area (Å²) >= 11 is 5.96. The number of hydrogen-bond acceptors (Lipinski definition) is 2. The van der Waals surface area contributed by atoms with Gasteiger partial charge in [-0.25, -0.2) is 4.98 Å². The Balaban J connectivity index is 1.65. The number of fused-ring (bicyclic) bond motifs is 1. The standard InChI is InChI=1S/C21H18ClN3/c22-18-12-10-16(11-13-18)14-23-21-24-19-8-4-5-9-20(19)25(21)15-17-6-2-1-3-7-17/h1-13H,14-15H2,(H,23,24). The van der Waals surface area contributed by atoms with Crippen molar-refractivity contribution in [3.05, 3.63) is 95.0 Å². The third-order valence-electron chi connectivity index (χ3n) is 4.20. The summed E-state index contributed by atoms with van der Waals surface area (Å²) in [4.78, 5) is 4.77. The van der Waals surface area contributed by atoms with Crippen LogP contribution in [0, 0.1) is 0 Å². The van der Waals surface area contributed by atoms with Crippen LogP contribution in [0.25, 0.3) is 11.0 Å². The molecule has 0 spiro atoms. The second kappa shape index (κ2) is 6.99. The Morgan fingerprint density at radius 3 is 2.32 bits per heavy atom. The summed E-state index contributed by atoms with van der Waals surface area (Å²) in [6, 6.07) is 26.5. The Kier molecular flexibility index (Phi) is 4.40. The van der Waals surface area contributed by atoms with E-state index in [9.17, 15) is 0 Å². The first kappa shape index (κ1) is 15.7. The van der Waals surface area contributed by atoms with Crippen LogP contribution in [-0.4, -0.2) is 9.55 Å². The SMILES string of the molecule is Clc1ccc(CNc2nc3ccccc3n2Cc2ccccc2)cc1. The largest absolute Gasteiger partial charge is 0.352 e. The van der Waals surface area contributed by atoms with E-state index in [0.717, 1.165) is 28.5 Å². The summed E-state index contributed by atoms with van der Waals surface area (Å²) < 4.78 is 2.22. The molecule has 0 saturated heterocycles. The van der Waals surface area contributed by atoms with E-state index < -0.39 is 0 Å². The number of nitrogens with one attached hydrogen (secondary N) is 1. The van der Waals surface area contributed by atoms with Gasteiger partial charge in [0, 0.05) is 11.6 Å². The maximum Gasteiger partial charge on any atom is 0.204 e. The molecule has 0 fully saturated rings. The van der Waals surface area contributed by atoms with Gasteiger partial charge in [0.1, 0.15) is 0 Å². The van der Waals surface area contributed by atoms with Gasteiger partial charge in [-0.05, 0) is 35.4 Å². The minimum atomic E-state index is 0.704. The second-order valence-electron chi connectivity index (χ2n) is 5.98. The van der Waals surface area contributed by atoms with Gasteiger partial charge in [0.2, 0.25) is 5.95 Å². The molecule has 1 N–H and O–H groups in total. The van der Waals surface area contributed by atoms with Crippen LogP contribution in [0.5, 0.6) is 0 Å². The van der Waals surface area contributed by atoms with Gasteiger partial charge < -0.3 is 9.88 Å². The molecule has 0 atom stereocenters. The lowest BCUT2D eigenvalue weighted by Crippen LogP contribution is -2.08. The summed E-state index contributed by atoms with van der Waals surface area (Å²) in [5.41, 5.74) is 4.55. The van der Waals surface area contributed by atoms with Crippen LogP contribution in [0.2, 0.25) is 5.02 Å². The lowest BCUT2D eigenvalue weighted by atomic mass is 10.2. The van der Waals surface area contributed by atoms with Gasteiger partial charge in [-0.1, -0.05) is 66.2 Å². The van der Waals surface area contributed by atoms with Crippen molar-refractivity contribution in [1.82, 2.24) is 9.55 Å². The van der Waals surface area contributed by atoms with Crippen LogP contribution < -0.4 is 5.32 Å². The first-order valence-electron chi connectivity index (χ1n) is 8.27. The molecule has 0 bridgehead atoms. The molecule has 3 nitrogen and oxygen atoms in total. The molecule has 0 radical (unpaired) electrons. The van der Waals surface area contributed by atoms with E-state index in [4.69, 9.17) is 16.6 Å². The number of rotatable bonds is 5. The predicted molar refractivity (Wildman–Crippen MR) is 104 cm³/mol. The number of halogens is 1. The van der Waals surface area contributed by atoms with Crippen molar-refractivity contribution in [3.8, 4) is 0 Å². The van der Waals surface area contributed by atoms with Crippen molar-refractivity contribution >= 4 is 28.6 Å². The molecule has 3 aromatic carbocycles. The topological polar surface area (TPSA) is 29.9 Å². The Morgan fingerprint density at radius 2 is 1.52 bits per heavy atom. The van der Waals surface area contributed by atoms with Crippen molar-refractivity contribution in [2.45, 2.75) is 13.1 Å². The van der Waals surface area contributed by atoms with Gasteiger partial charge in [0.05, 0.1) is 17.6 Å². The summed E-state index contributed by atoms with van der Waals surface area (Å²) in [6.45, 7) is 1.49. The van der Waals surface area contributed by atoms with Crippen LogP contribution in [-0.2, 0) is 13.1 Å². The zero-order valence-electron chi connectivity index (χ0n) is 13.7. The van der Waals surface area contributed by atoms with Crippen LogP contribution in [0.15, 0.2) is 78.9 Å². The molecule has 0 saturated carbocycles. The minimum absolute atomic E-state index is 0.704. The normalized spacial score (nSPS) is 10.9. The Hall–Kier alpha value is -2.78. The van der Waals surface area contributed by atoms with Gasteiger partial charge in [0.15, 0.2) is 0 Å². The fraction of sp³-hybridized carbons (Fsp3) is 0.0952. The van der Waals surface area contributed by atoms with Crippen molar-refractivity contribution in [2.24, 2.45) is 0 Å². The van der Waals surface area contributed by atoms with E-state index in [1.165, 1.54) is 11.1 Å². The van der Waals surface area contributed by atoms with Crippen molar-refractivity contribution in [2.75, 3.05) is 5.32 Å². The first-order chi connectivity index (χ1) is 12.3. The van der Waals surface area contributed by atoms with E-state index in [1.807, 2.05) is 42.5 Å². The first-order valence-corrected chi connectivity index (χ1v) is 8.65. The number of imidazole rings is 1. The van der Waals surface area contributed by atoms with Crippen molar-refractivity contribution in [3.63, 3.8) is 0 Å². The van der Waals surface area contributed by atoms with Crippen molar-refractivity contribution < 1.29 is 0 Å². The van der Waals surface area contributed by atoms with Gasteiger partial charge in [-0.3, -0.25) is 0 Å². The third kappa shape index (κ3) is 3.52. The average molecular weight is 348 g/mol. The fourth-order valence-corrected chi connectivity index (χ4v) is 3.05. The van der Waals surface area contributed by atoms with Gasteiger partial charge in [-0.2, -0.15) is 0 Å². The Morgan fingerprint density at radius 1 is 0.800 bits per heavy atom. The third-order valence-corrected chi connectivity index (χ3v) is 4.45. The molecule has 4 heteroatoms. The maximum atomic E-state index is 5.96. The van der Waals surface area contributed by atoms with Crippen LogP contribution in [0.1, 0.15) is 11.1 Å². The van der Waals surface area contributed by atoms with Gasteiger partial charge >= 0.3 is 0 Å². The highest BCUT2D eigenvalue weighted by molar-refractivity contribution is 6.30. The number of aromatic nitrogens is 2. The number of nitrogens with zero attached hydrogens (tertiary/aromatic N) is 2. The smallest absolute Gasteiger partial charge is 0.204 e. The molecule has 1 aromatic heterocycles. The molecule has 1 heterocycles. The fourth-order valence-electron chi connectivity index (χ4n) is 2.92. The zero-order chi connectivity index (χ0) is 17.1. The lowest BCUT2D eigenvalue weighted by Gasteiger charge is -2.11. The number of hydrogen-bond donors (Lipinski definition) is 1. The van der Waals surface area contributed by atoms with Crippen LogP contribution >= 0.6 is 11.6 Å². The predicted octanol–water partition coefficient (Wildman–Crippen LogP) is 5.35. The van der Waals surface area contributed by atoms with Crippen LogP contribution in [0.3, 0.4) is 0 Å². The summed E-state index contributed by atoms with van der Waals surface area (Å²) in [7, 11) is 0. The Labute approximate surface area is 151 Å². The number of anilines is 1. The lowest BCUT2D eigenvalue weighted by molar-refractivity contribution is 0.822. The van der Waals surface area contributed by atoms with E-state index in [2.05, 4.69) is 46.3 Å². The molecule has 124 valence electrons. The Bertz CT molecular complexity index is 975. The highest BCUT2D eigenvalue weighted by atomic mass is 35.5. The molecule has 0 amide bonds. The van der Waals surface area contributed by atoms with Gasteiger partial charge in [-0.15, -0.1) is 0 Å². The molecular formula is C21H18ClN3.